The molecule has 5 atom stereocenters. The normalized spacial score (nSPS) is 30.3. The number of rotatable bonds is 8. The second-order valence-corrected chi connectivity index (χ2v) is 10.7. The van der Waals surface area contributed by atoms with E-state index in [0.717, 1.165) is 37.7 Å². The number of hydrogen-bond acceptors (Lipinski definition) is 4. The number of fused-ring (bicyclic) bond motifs is 3. The molecule has 38 heavy (non-hydrogen) atoms. The van der Waals surface area contributed by atoms with E-state index in [9.17, 15) is 31.8 Å². The van der Waals surface area contributed by atoms with E-state index in [4.69, 9.17) is 0 Å². The Balaban J connectivity index is 1.42. The van der Waals surface area contributed by atoms with Gasteiger partial charge in [0.2, 0.25) is 0 Å². The van der Waals surface area contributed by atoms with Crippen molar-refractivity contribution in [3.63, 3.8) is 0 Å². The van der Waals surface area contributed by atoms with Crippen molar-refractivity contribution in [1.82, 2.24) is 20.6 Å². The van der Waals surface area contributed by atoms with Crippen LogP contribution in [0.1, 0.15) is 47.8 Å². The van der Waals surface area contributed by atoms with E-state index < -0.39 is 23.5 Å². The molecule has 3 fully saturated rings. The number of nitrogens with zero attached hydrogens (tertiary/aromatic N) is 3. The van der Waals surface area contributed by atoms with Gasteiger partial charge in [0.25, 0.3) is 0 Å². The van der Waals surface area contributed by atoms with E-state index in [1.54, 1.807) is 25.6 Å². The fraction of sp³-hybridized carbons (Fsp3) is 0.519. The minimum Gasteiger partial charge on any atom is -0.810 e. The van der Waals surface area contributed by atoms with Crippen molar-refractivity contribution < 1.29 is 26.3 Å². The Hall–Kier alpha value is -2.95. The first-order valence-corrected chi connectivity index (χ1v) is 12.6. The van der Waals surface area contributed by atoms with Crippen LogP contribution in [-0.4, -0.2) is 35.8 Å². The Labute approximate surface area is 216 Å². The van der Waals surface area contributed by atoms with Gasteiger partial charge in [0.1, 0.15) is 5.82 Å². The molecule has 4 unspecified atom stereocenters. The van der Waals surface area contributed by atoms with Gasteiger partial charge < -0.3 is 16.0 Å². The van der Waals surface area contributed by atoms with E-state index >= 15 is 0 Å². The number of aromatic nitrogens is 2. The van der Waals surface area contributed by atoms with E-state index in [1.165, 1.54) is 0 Å². The molecule has 5 nitrogen and oxygen atoms in total. The summed E-state index contributed by atoms with van der Waals surface area (Å²) in [5.41, 5.74) is -1.70. The van der Waals surface area contributed by atoms with Gasteiger partial charge in [0.15, 0.2) is 0 Å². The first-order chi connectivity index (χ1) is 17.9. The topological polar surface area (TPSA) is 72.1 Å². The van der Waals surface area contributed by atoms with Crippen LogP contribution in [0.3, 0.4) is 0 Å². The van der Waals surface area contributed by atoms with Gasteiger partial charge in [0, 0.05) is 50.2 Å². The molecule has 11 heteroatoms. The maximum absolute atomic E-state index is 13.4. The number of alkyl halides is 6. The summed E-state index contributed by atoms with van der Waals surface area (Å²) in [6.07, 6.45) is -1.49. The first-order valence-electron chi connectivity index (χ1n) is 12.6. The molecule has 2 N–H and O–H groups in total. The molecule has 0 bridgehead atoms. The highest BCUT2D eigenvalue weighted by Crippen LogP contribution is 2.94. The van der Waals surface area contributed by atoms with Crippen molar-refractivity contribution in [2.45, 2.75) is 51.0 Å². The first kappa shape index (κ1) is 26.6. The number of halogens is 6. The smallest absolute Gasteiger partial charge is 0.416 e. The van der Waals surface area contributed by atoms with Crippen LogP contribution >= 0.6 is 0 Å². The SMILES string of the molecule is CC[C@@H]1CC2(CN1)C1C(Cc3cc(C(F)(F)F)cc(C(F)(F)F)c3)C12Cc1ncc(/C(C=[N-])=C/NC)cn1. The minimum atomic E-state index is -4.87. The summed E-state index contributed by atoms with van der Waals surface area (Å²) in [7, 11) is 1.69. The number of benzene rings is 1. The molecule has 204 valence electrons. The number of allylic oxidation sites excluding steroid dienone is 1. The summed E-state index contributed by atoms with van der Waals surface area (Å²) in [6, 6.07) is 2.21. The molecule has 2 aliphatic carbocycles. The molecule has 2 aromatic rings. The fourth-order valence-corrected chi connectivity index (χ4v) is 7.01. The zero-order valence-electron chi connectivity index (χ0n) is 20.9. The molecule has 3 aliphatic rings. The fourth-order valence-electron chi connectivity index (χ4n) is 7.01. The molecule has 1 spiro atoms. The highest BCUT2D eigenvalue weighted by molar-refractivity contribution is 6.10. The van der Waals surface area contributed by atoms with Crippen LogP contribution < -0.4 is 10.6 Å². The lowest BCUT2D eigenvalue weighted by atomic mass is 9.76. The Morgan fingerprint density at radius 3 is 2.24 bits per heavy atom. The van der Waals surface area contributed by atoms with Crippen LogP contribution in [0.4, 0.5) is 26.3 Å². The molecule has 2 saturated carbocycles. The second-order valence-electron chi connectivity index (χ2n) is 10.7. The van der Waals surface area contributed by atoms with Crippen LogP contribution in [0, 0.1) is 22.7 Å². The van der Waals surface area contributed by atoms with Gasteiger partial charge in [0.05, 0.1) is 11.1 Å². The molecular weight excluding hydrogens is 508 g/mol. The maximum atomic E-state index is 13.4. The van der Waals surface area contributed by atoms with Crippen LogP contribution in [-0.2, 0) is 25.2 Å². The lowest BCUT2D eigenvalue weighted by Gasteiger charge is -2.28. The average molecular weight is 537 g/mol. The average Bonchev–Trinajstić information content (AvgIpc) is 3.56. The van der Waals surface area contributed by atoms with Crippen LogP contribution in [0.5, 0.6) is 0 Å². The molecule has 1 aromatic carbocycles. The van der Waals surface area contributed by atoms with Crippen LogP contribution in [0.25, 0.3) is 11.0 Å². The third kappa shape index (κ3) is 4.28. The predicted octanol–water partition coefficient (Wildman–Crippen LogP) is 5.50. The Bertz CT molecular complexity index is 1220. The third-order valence-electron chi connectivity index (χ3n) is 8.79. The summed E-state index contributed by atoms with van der Waals surface area (Å²) >= 11 is 0. The van der Waals surface area contributed by atoms with Gasteiger partial charge in [-0.1, -0.05) is 6.92 Å². The highest BCUT2D eigenvalue weighted by atomic mass is 19.4. The molecule has 1 aliphatic heterocycles. The van der Waals surface area contributed by atoms with Crippen LogP contribution in [0.2, 0.25) is 0 Å². The van der Waals surface area contributed by atoms with E-state index in [0.29, 0.717) is 29.4 Å². The standard InChI is InChI=1S/C27H28F6N5/c1-3-20-8-24(14-38-20)23-21(6-15-4-18(26(28,29)30)7-19(5-15)27(31,32)33)25(23,24)9-22-36-12-17(13-37-22)16(10-34)11-35-2/h4-5,7,10-13,20-21,23,35,38H,3,6,8-9,14H2,1-2H3/q-1/b16-11+/t20-,21?,23?,24?,25?/m1/s1. The van der Waals surface area contributed by atoms with Crippen molar-refractivity contribution in [2.75, 3.05) is 13.6 Å². The lowest BCUT2D eigenvalue weighted by molar-refractivity contribution is -0.143. The summed E-state index contributed by atoms with van der Waals surface area (Å²) in [5.74, 6) is 0.717. The van der Waals surface area contributed by atoms with E-state index in [2.05, 4.69) is 27.5 Å². The highest BCUT2D eigenvalue weighted by Gasteiger charge is 2.93. The van der Waals surface area contributed by atoms with E-state index in [-0.39, 0.29) is 40.7 Å². The molecule has 1 aromatic heterocycles. The van der Waals surface area contributed by atoms with Gasteiger partial charge >= 0.3 is 12.4 Å². The lowest BCUT2D eigenvalue weighted by Crippen LogP contribution is -2.29. The second kappa shape index (κ2) is 9.07. The molecular formula is C27H28F6N5-. The molecule has 2 heterocycles. The van der Waals surface area contributed by atoms with Gasteiger partial charge in [-0.3, -0.25) is 0 Å². The molecule has 0 radical (unpaired) electrons. The largest absolute Gasteiger partial charge is 0.810 e. The van der Waals surface area contributed by atoms with E-state index in [1.807, 2.05) is 0 Å². The number of hydrogen-bond donors (Lipinski definition) is 2. The summed E-state index contributed by atoms with van der Waals surface area (Å²) in [5, 5.41) is 15.8. The monoisotopic (exact) mass is 536 g/mol. The maximum Gasteiger partial charge on any atom is 0.416 e. The van der Waals surface area contributed by atoms with Gasteiger partial charge in [-0.05, 0) is 71.3 Å². The number of nitrogens with one attached hydrogen (secondary N) is 2. The van der Waals surface area contributed by atoms with Crippen molar-refractivity contribution in [3.05, 3.63) is 70.3 Å². The Kier molecular flexibility index (Phi) is 6.36. The molecule has 1 saturated heterocycles. The zero-order chi connectivity index (χ0) is 27.5. The van der Waals surface area contributed by atoms with Gasteiger partial charge in [-0.15, -0.1) is 0 Å². The van der Waals surface area contributed by atoms with Gasteiger partial charge in [-0.25, -0.2) is 9.97 Å². The van der Waals surface area contributed by atoms with Crippen molar-refractivity contribution in [1.29, 1.82) is 0 Å². The quantitative estimate of drug-likeness (QED) is 0.345. The van der Waals surface area contributed by atoms with Crippen molar-refractivity contribution >= 4 is 11.8 Å². The summed E-state index contributed by atoms with van der Waals surface area (Å²) < 4.78 is 80.4. The Morgan fingerprint density at radius 2 is 1.74 bits per heavy atom. The zero-order valence-corrected chi connectivity index (χ0v) is 20.9. The predicted molar refractivity (Wildman–Crippen MR) is 131 cm³/mol. The van der Waals surface area contributed by atoms with Crippen LogP contribution in [0.15, 0.2) is 36.8 Å². The Morgan fingerprint density at radius 1 is 1.11 bits per heavy atom. The van der Waals surface area contributed by atoms with Gasteiger partial charge in [-0.2, -0.15) is 32.6 Å². The third-order valence-corrected chi connectivity index (χ3v) is 8.79. The minimum absolute atomic E-state index is 0.0368. The summed E-state index contributed by atoms with van der Waals surface area (Å²) in [6.45, 7) is 2.86. The summed E-state index contributed by atoms with van der Waals surface area (Å²) in [4.78, 5) is 8.96. The van der Waals surface area contributed by atoms with Crippen molar-refractivity contribution in [2.24, 2.45) is 22.7 Å². The molecule has 0 amide bonds. The van der Waals surface area contributed by atoms with Crippen molar-refractivity contribution in [3.8, 4) is 0 Å². The molecule has 5 rings (SSSR count).